The van der Waals surface area contributed by atoms with E-state index in [0.29, 0.717) is 0 Å². The van der Waals surface area contributed by atoms with E-state index in [4.69, 9.17) is 0 Å². The number of allylic oxidation sites excluding steroid dienone is 1. The number of para-hydroxylation sites is 1. The van der Waals surface area contributed by atoms with Crippen LogP contribution < -0.4 is 0 Å². The van der Waals surface area contributed by atoms with Crippen LogP contribution in [-0.2, 0) is 6.54 Å². The zero-order valence-corrected chi connectivity index (χ0v) is 6.70. The van der Waals surface area contributed by atoms with Crippen LogP contribution in [0.3, 0.4) is 0 Å². The molecule has 1 nitrogen and oxygen atoms in total. The van der Waals surface area contributed by atoms with Gasteiger partial charge in [-0.25, -0.2) is 0 Å². The highest BCUT2D eigenvalue weighted by Crippen LogP contribution is 2.24. The molecule has 0 saturated heterocycles. The molecule has 1 aliphatic heterocycles. The third kappa shape index (κ3) is 0.632. The smallest absolute Gasteiger partial charge is 0.0556 e. The van der Waals surface area contributed by atoms with Gasteiger partial charge in [0.15, 0.2) is 0 Å². The van der Waals surface area contributed by atoms with Crippen molar-refractivity contribution < 1.29 is 0 Å². The first-order chi connectivity index (χ1) is 5.95. The fraction of sp³-hybridized carbons (Fsp3) is 0.0909. The van der Waals surface area contributed by atoms with Crippen LogP contribution in [0.15, 0.2) is 36.5 Å². The summed E-state index contributed by atoms with van der Waals surface area (Å²) in [6.07, 6.45) is 6.54. The fourth-order valence-corrected chi connectivity index (χ4v) is 1.87. The van der Waals surface area contributed by atoms with Crippen LogP contribution in [0.1, 0.15) is 5.56 Å². The molecule has 0 radical (unpaired) electrons. The van der Waals surface area contributed by atoms with Gasteiger partial charge in [0.1, 0.15) is 0 Å². The highest BCUT2D eigenvalue weighted by molar-refractivity contribution is 5.89. The molecule has 0 atom stereocenters. The Labute approximate surface area is 70.9 Å². The SMILES string of the molecule is C1=Cc2cccc3ccn(c23)C1. The second-order valence-electron chi connectivity index (χ2n) is 3.16. The average molecular weight is 155 g/mol. The molecule has 1 aliphatic rings. The Kier molecular flexibility index (Phi) is 1.01. The average Bonchev–Trinajstić information content (AvgIpc) is 2.52. The third-order valence-electron chi connectivity index (χ3n) is 2.42. The molecule has 0 bridgehead atoms. The molecule has 0 fully saturated rings. The van der Waals surface area contributed by atoms with Crippen molar-refractivity contribution in [1.82, 2.24) is 4.57 Å². The molecule has 0 spiro atoms. The number of hydrogen-bond acceptors (Lipinski definition) is 0. The van der Waals surface area contributed by atoms with Crippen molar-refractivity contribution in [3.05, 3.63) is 42.1 Å². The van der Waals surface area contributed by atoms with Crippen LogP contribution in [0, 0.1) is 0 Å². The predicted molar refractivity (Wildman–Crippen MR) is 51.0 cm³/mol. The summed E-state index contributed by atoms with van der Waals surface area (Å²) in [4.78, 5) is 0. The Bertz CT molecular complexity index is 463. The van der Waals surface area contributed by atoms with E-state index in [2.05, 4.69) is 47.2 Å². The van der Waals surface area contributed by atoms with Crippen molar-refractivity contribution in [2.24, 2.45) is 0 Å². The Hall–Kier alpha value is -1.50. The Morgan fingerprint density at radius 1 is 1.17 bits per heavy atom. The Balaban J connectivity index is 2.57. The minimum atomic E-state index is 1.01. The first kappa shape index (κ1) is 6.06. The number of rotatable bonds is 0. The first-order valence-corrected chi connectivity index (χ1v) is 4.19. The molecule has 2 heterocycles. The summed E-state index contributed by atoms with van der Waals surface area (Å²) in [7, 11) is 0. The minimum absolute atomic E-state index is 1.01. The fourth-order valence-electron chi connectivity index (χ4n) is 1.87. The van der Waals surface area contributed by atoms with Crippen molar-refractivity contribution >= 4 is 17.0 Å². The number of aromatic nitrogens is 1. The van der Waals surface area contributed by atoms with Crippen LogP contribution >= 0.6 is 0 Å². The van der Waals surface area contributed by atoms with E-state index in [1.165, 1.54) is 16.5 Å². The monoisotopic (exact) mass is 155 g/mol. The molecule has 0 unspecified atom stereocenters. The van der Waals surface area contributed by atoms with E-state index in [0.717, 1.165) is 6.54 Å². The Morgan fingerprint density at radius 3 is 3.17 bits per heavy atom. The number of nitrogens with zero attached hydrogens (tertiary/aromatic N) is 1. The van der Waals surface area contributed by atoms with Gasteiger partial charge in [-0.3, -0.25) is 0 Å². The summed E-state index contributed by atoms with van der Waals surface area (Å²) in [5.41, 5.74) is 2.71. The van der Waals surface area contributed by atoms with E-state index in [1.807, 2.05) is 0 Å². The lowest BCUT2D eigenvalue weighted by molar-refractivity contribution is 0.859. The summed E-state index contributed by atoms with van der Waals surface area (Å²) in [6.45, 7) is 1.01. The van der Waals surface area contributed by atoms with Gasteiger partial charge in [-0.1, -0.05) is 30.4 Å². The number of benzene rings is 1. The largest absolute Gasteiger partial charge is 0.343 e. The van der Waals surface area contributed by atoms with Crippen molar-refractivity contribution in [3.8, 4) is 0 Å². The Morgan fingerprint density at radius 2 is 2.17 bits per heavy atom. The molecule has 0 aliphatic carbocycles. The maximum absolute atomic E-state index is 2.28. The molecular weight excluding hydrogens is 146 g/mol. The molecule has 0 saturated carbocycles. The molecule has 12 heavy (non-hydrogen) atoms. The second-order valence-corrected chi connectivity index (χ2v) is 3.16. The highest BCUT2D eigenvalue weighted by atomic mass is 15.0. The molecule has 1 heteroatoms. The van der Waals surface area contributed by atoms with Gasteiger partial charge in [-0.15, -0.1) is 0 Å². The van der Waals surface area contributed by atoms with Crippen LogP contribution in [-0.4, -0.2) is 4.57 Å². The summed E-state index contributed by atoms with van der Waals surface area (Å²) in [5, 5.41) is 1.34. The molecule has 1 aromatic carbocycles. The number of hydrogen-bond donors (Lipinski definition) is 0. The first-order valence-electron chi connectivity index (χ1n) is 4.19. The summed E-state index contributed by atoms with van der Waals surface area (Å²) >= 11 is 0. The van der Waals surface area contributed by atoms with Gasteiger partial charge < -0.3 is 4.57 Å². The normalized spacial score (nSPS) is 14.0. The van der Waals surface area contributed by atoms with Crippen LogP contribution in [0.5, 0.6) is 0 Å². The van der Waals surface area contributed by atoms with E-state index in [9.17, 15) is 0 Å². The second kappa shape index (κ2) is 2.01. The molecule has 3 rings (SSSR count). The van der Waals surface area contributed by atoms with E-state index >= 15 is 0 Å². The lowest BCUT2D eigenvalue weighted by atomic mass is 10.1. The standard InChI is InChI=1S/C11H9N/c1-3-9-5-2-7-12-8-6-10(4-1)11(9)12/h1-6,8H,7H2. The van der Waals surface area contributed by atoms with Gasteiger partial charge in [-0.2, -0.15) is 0 Å². The maximum atomic E-state index is 2.28. The molecule has 0 N–H and O–H groups in total. The lowest BCUT2D eigenvalue weighted by Gasteiger charge is -2.09. The zero-order chi connectivity index (χ0) is 7.97. The quantitative estimate of drug-likeness (QED) is 0.551. The van der Waals surface area contributed by atoms with Crippen molar-refractivity contribution in [3.63, 3.8) is 0 Å². The lowest BCUT2D eigenvalue weighted by Crippen LogP contribution is -1.97. The molecule has 58 valence electrons. The highest BCUT2D eigenvalue weighted by Gasteiger charge is 2.05. The zero-order valence-electron chi connectivity index (χ0n) is 6.70. The van der Waals surface area contributed by atoms with E-state index < -0.39 is 0 Å². The topological polar surface area (TPSA) is 4.93 Å². The van der Waals surface area contributed by atoms with Gasteiger partial charge in [0, 0.05) is 18.1 Å². The summed E-state index contributed by atoms with van der Waals surface area (Å²) in [5.74, 6) is 0. The minimum Gasteiger partial charge on any atom is -0.343 e. The van der Waals surface area contributed by atoms with Gasteiger partial charge in [0.05, 0.1) is 5.52 Å². The molecular formula is C11H9N. The van der Waals surface area contributed by atoms with Crippen molar-refractivity contribution in [1.29, 1.82) is 0 Å². The van der Waals surface area contributed by atoms with E-state index in [1.54, 1.807) is 0 Å². The van der Waals surface area contributed by atoms with Gasteiger partial charge in [-0.05, 0) is 11.6 Å². The van der Waals surface area contributed by atoms with E-state index in [-0.39, 0.29) is 0 Å². The van der Waals surface area contributed by atoms with Crippen LogP contribution in [0.4, 0.5) is 0 Å². The summed E-state index contributed by atoms with van der Waals surface area (Å²) in [6, 6.07) is 8.60. The summed E-state index contributed by atoms with van der Waals surface area (Å²) < 4.78 is 2.28. The van der Waals surface area contributed by atoms with Crippen LogP contribution in [0.25, 0.3) is 17.0 Å². The van der Waals surface area contributed by atoms with Crippen molar-refractivity contribution in [2.75, 3.05) is 0 Å². The van der Waals surface area contributed by atoms with Gasteiger partial charge >= 0.3 is 0 Å². The molecule has 1 aromatic heterocycles. The molecule has 0 amide bonds. The molecule has 2 aromatic rings. The van der Waals surface area contributed by atoms with Gasteiger partial charge in [0.25, 0.3) is 0 Å². The predicted octanol–water partition coefficient (Wildman–Crippen LogP) is 2.67. The van der Waals surface area contributed by atoms with Gasteiger partial charge in [0.2, 0.25) is 0 Å². The third-order valence-corrected chi connectivity index (χ3v) is 2.42. The maximum Gasteiger partial charge on any atom is 0.0556 e. The van der Waals surface area contributed by atoms with Crippen molar-refractivity contribution in [2.45, 2.75) is 6.54 Å². The van der Waals surface area contributed by atoms with Crippen LogP contribution in [0.2, 0.25) is 0 Å².